The van der Waals surface area contributed by atoms with Crippen molar-refractivity contribution in [1.29, 1.82) is 0 Å². The third-order valence-corrected chi connectivity index (χ3v) is 4.24. The molecule has 0 aliphatic rings. The van der Waals surface area contributed by atoms with Gasteiger partial charge in [0.1, 0.15) is 5.75 Å². The summed E-state index contributed by atoms with van der Waals surface area (Å²) in [6.45, 7) is 0. The third-order valence-electron chi connectivity index (χ3n) is 4.24. The molecule has 4 aromatic rings. The third kappa shape index (κ3) is 3.35. The van der Waals surface area contributed by atoms with Gasteiger partial charge in [0.2, 0.25) is 5.91 Å². The molecule has 0 fully saturated rings. The molecule has 0 saturated carbocycles. The number of nitrogens with two attached hydrogens (primary N) is 1. The van der Waals surface area contributed by atoms with Crippen molar-refractivity contribution in [2.75, 3.05) is 7.11 Å². The van der Waals surface area contributed by atoms with Crippen molar-refractivity contribution < 1.29 is 14.1 Å². The Bertz CT molecular complexity index is 1140. The first kappa shape index (κ1) is 16.7. The van der Waals surface area contributed by atoms with Gasteiger partial charge in [0.05, 0.1) is 12.7 Å². The lowest BCUT2D eigenvalue weighted by atomic mass is 10.1. The fourth-order valence-electron chi connectivity index (χ4n) is 2.92. The number of carbonyl (C=O) groups is 1. The lowest BCUT2D eigenvalue weighted by Crippen LogP contribution is -2.11. The highest BCUT2D eigenvalue weighted by atomic mass is 16.5. The molecule has 2 aromatic carbocycles. The molecule has 4 rings (SSSR count). The monoisotopic (exact) mass is 360 g/mol. The van der Waals surface area contributed by atoms with Crippen LogP contribution in [0, 0.1) is 0 Å². The number of methoxy groups -OCH3 is 1. The second kappa shape index (κ2) is 6.87. The number of hydrogen-bond acceptors (Lipinski definition) is 6. The van der Waals surface area contributed by atoms with Crippen LogP contribution in [0.5, 0.6) is 5.75 Å². The highest BCUT2D eigenvalue weighted by molar-refractivity contribution is 5.95. The van der Waals surface area contributed by atoms with Crippen LogP contribution in [-0.4, -0.2) is 28.1 Å². The molecule has 2 heterocycles. The molecule has 7 heteroatoms. The van der Waals surface area contributed by atoms with Gasteiger partial charge in [-0.2, -0.15) is 4.98 Å². The Kier molecular flexibility index (Phi) is 4.25. The highest BCUT2D eigenvalue weighted by Gasteiger charge is 2.15. The van der Waals surface area contributed by atoms with E-state index in [-0.39, 0.29) is 0 Å². The molecule has 27 heavy (non-hydrogen) atoms. The van der Waals surface area contributed by atoms with Crippen molar-refractivity contribution in [1.82, 2.24) is 15.1 Å². The van der Waals surface area contributed by atoms with E-state index < -0.39 is 5.91 Å². The number of hydrogen-bond donors (Lipinski definition) is 1. The Morgan fingerprint density at radius 2 is 2.11 bits per heavy atom. The Morgan fingerprint density at radius 3 is 2.93 bits per heavy atom. The van der Waals surface area contributed by atoms with Gasteiger partial charge in [0, 0.05) is 29.8 Å². The maximum Gasteiger partial charge on any atom is 0.258 e. The van der Waals surface area contributed by atoms with Crippen LogP contribution < -0.4 is 10.5 Å². The first-order chi connectivity index (χ1) is 13.1. The molecule has 1 amide bonds. The van der Waals surface area contributed by atoms with Crippen LogP contribution >= 0.6 is 0 Å². The standard InChI is InChI=1S/C20H16N4O3/c1-26-15-9-13-5-6-22-11-17(13)16(10-15)20-23-18(24-27-20)8-12-3-2-4-14(7-12)19(21)25/h2-7,9-11H,8H2,1H3,(H2,21,25). The van der Waals surface area contributed by atoms with E-state index in [0.717, 1.165) is 21.9 Å². The lowest BCUT2D eigenvalue weighted by molar-refractivity contribution is 0.1000. The van der Waals surface area contributed by atoms with Crippen LogP contribution in [0.4, 0.5) is 0 Å². The van der Waals surface area contributed by atoms with E-state index in [1.165, 1.54) is 0 Å². The van der Waals surface area contributed by atoms with Crippen LogP contribution in [0.3, 0.4) is 0 Å². The van der Waals surface area contributed by atoms with Crippen LogP contribution in [0.15, 0.2) is 59.4 Å². The second-order valence-electron chi connectivity index (χ2n) is 6.03. The number of ether oxygens (including phenoxy) is 1. The van der Waals surface area contributed by atoms with Crippen LogP contribution in [0.1, 0.15) is 21.7 Å². The van der Waals surface area contributed by atoms with E-state index in [4.69, 9.17) is 15.0 Å². The molecule has 0 unspecified atom stereocenters. The van der Waals surface area contributed by atoms with E-state index in [1.54, 1.807) is 37.7 Å². The van der Waals surface area contributed by atoms with Gasteiger partial charge in [0.15, 0.2) is 5.82 Å². The first-order valence-electron chi connectivity index (χ1n) is 8.27. The summed E-state index contributed by atoms with van der Waals surface area (Å²) in [5.41, 5.74) is 7.40. The second-order valence-corrected chi connectivity index (χ2v) is 6.03. The highest BCUT2D eigenvalue weighted by Crippen LogP contribution is 2.31. The van der Waals surface area contributed by atoms with Gasteiger partial charge in [0.25, 0.3) is 5.89 Å². The number of carbonyl (C=O) groups excluding carboxylic acids is 1. The lowest BCUT2D eigenvalue weighted by Gasteiger charge is -2.06. The summed E-state index contributed by atoms with van der Waals surface area (Å²) in [4.78, 5) is 20.0. The van der Waals surface area contributed by atoms with E-state index in [2.05, 4.69) is 15.1 Å². The van der Waals surface area contributed by atoms with Crippen molar-refractivity contribution in [2.45, 2.75) is 6.42 Å². The minimum Gasteiger partial charge on any atom is -0.497 e. The van der Waals surface area contributed by atoms with Crippen molar-refractivity contribution in [2.24, 2.45) is 5.73 Å². The molecule has 0 saturated heterocycles. The Labute approximate surface area is 154 Å². The minimum atomic E-state index is -0.471. The van der Waals surface area contributed by atoms with Gasteiger partial charge in [-0.25, -0.2) is 0 Å². The summed E-state index contributed by atoms with van der Waals surface area (Å²) in [6, 6.07) is 12.7. The van der Waals surface area contributed by atoms with E-state index in [0.29, 0.717) is 29.4 Å². The molecule has 0 aliphatic carbocycles. The normalized spacial score (nSPS) is 10.9. The summed E-state index contributed by atoms with van der Waals surface area (Å²) in [5, 5.41) is 5.92. The molecular weight excluding hydrogens is 344 g/mol. The number of amides is 1. The van der Waals surface area contributed by atoms with Gasteiger partial charge < -0.3 is 15.0 Å². The maximum absolute atomic E-state index is 11.3. The van der Waals surface area contributed by atoms with E-state index in [9.17, 15) is 4.79 Å². The smallest absolute Gasteiger partial charge is 0.258 e. The van der Waals surface area contributed by atoms with Crippen molar-refractivity contribution >= 4 is 16.7 Å². The number of nitrogens with zero attached hydrogens (tertiary/aromatic N) is 3. The van der Waals surface area contributed by atoms with Crippen molar-refractivity contribution in [3.63, 3.8) is 0 Å². The SMILES string of the molecule is COc1cc(-c2nc(Cc3cccc(C(N)=O)c3)no2)c2cnccc2c1. The van der Waals surface area contributed by atoms with Gasteiger partial charge in [-0.15, -0.1) is 0 Å². The van der Waals surface area contributed by atoms with Crippen molar-refractivity contribution in [3.8, 4) is 17.2 Å². The van der Waals surface area contributed by atoms with Crippen LogP contribution in [0.2, 0.25) is 0 Å². The van der Waals surface area contributed by atoms with Gasteiger partial charge in [-0.05, 0) is 41.3 Å². The number of primary amides is 1. The molecule has 2 aromatic heterocycles. The van der Waals surface area contributed by atoms with Crippen molar-refractivity contribution in [3.05, 3.63) is 71.8 Å². The average Bonchev–Trinajstić information content (AvgIpc) is 3.15. The summed E-state index contributed by atoms with van der Waals surface area (Å²) in [6.07, 6.45) is 3.89. The van der Waals surface area contributed by atoms with Gasteiger partial charge in [-0.3, -0.25) is 9.78 Å². The Morgan fingerprint density at radius 1 is 1.22 bits per heavy atom. The largest absolute Gasteiger partial charge is 0.497 e. The molecule has 134 valence electrons. The zero-order chi connectivity index (χ0) is 18.8. The summed E-state index contributed by atoms with van der Waals surface area (Å²) in [7, 11) is 1.61. The number of pyridine rings is 1. The van der Waals surface area contributed by atoms with Crippen LogP contribution in [0.25, 0.3) is 22.2 Å². The van der Waals surface area contributed by atoms with Gasteiger partial charge >= 0.3 is 0 Å². The quantitative estimate of drug-likeness (QED) is 0.587. The fraction of sp³-hybridized carbons (Fsp3) is 0.100. The molecule has 0 atom stereocenters. The predicted octanol–water partition coefficient (Wildman–Crippen LogP) is 2.98. The minimum absolute atomic E-state index is 0.382. The van der Waals surface area contributed by atoms with Crippen LogP contribution in [-0.2, 0) is 6.42 Å². The Hall–Kier alpha value is -3.74. The predicted molar refractivity (Wildman–Crippen MR) is 99.4 cm³/mol. The number of fused-ring (bicyclic) bond motifs is 1. The first-order valence-corrected chi connectivity index (χ1v) is 8.27. The number of benzene rings is 2. The zero-order valence-corrected chi connectivity index (χ0v) is 14.5. The molecule has 0 radical (unpaired) electrons. The number of rotatable bonds is 5. The van der Waals surface area contributed by atoms with Gasteiger partial charge in [-0.1, -0.05) is 17.3 Å². The van der Waals surface area contributed by atoms with E-state index >= 15 is 0 Å². The summed E-state index contributed by atoms with van der Waals surface area (Å²) in [5.74, 6) is 1.11. The number of aromatic nitrogens is 3. The molecule has 0 bridgehead atoms. The average molecular weight is 360 g/mol. The summed E-state index contributed by atoms with van der Waals surface area (Å²) < 4.78 is 10.8. The fourth-order valence-corrected chi connectivity index (χ4v) is 2.92. The molecule has 7 nitrogen and oxygen atoms in total. The summed E-state index contributed by atoms with van der Waals surface area (Å²) >= 11 is 0. The molecule has 0 spiro atoms. The zero-order valence-electron chi connectivity index (χ0n) is 14.5. The molecular formula is C20H16N4O3. The topological polar surface area (TPSA) is 104 Å². The molecule has 2 N–H and O–H groups in total. The Balaban J connectivity index is 1.70. The molecule has 0 aliphatic heterocycles. The van der Waals surface area contributed by atoms with E-state index in [1.807, 2.05) is 24.3 Å². The maximum atomic E-state index is 11.3.